The van der Waals surface area contributed by atoms with E-state index >= 15 is 0 Å². The smallest absolute Gasteiger partial charge is 0.305 e. The van der Waals surface area contributed by atoms with E-state index in [1.165, 1.54) is 6.20 Å². The number of carboxylic acids is 1. The zero-order valence-electron chi connectivity index (χ0n) is 9.90. The molecule has 0 unspecified atom stereocenters. The van der Waals surface area contributed by atoms with Gasteiger partial charge in [-0.15, -0.1) is 0 Å². The number of carboxylic acid groups (broad SMARTS) is 1. The molecule has 0 bridgehead atoms. The number of hydrogen-bond donors (Lipinski definition) is 2. The van der Waals surface area contributed by atoms with Crippen LogP contribution in [-0.4, -0.2) is 22.1 Å². The van der Waals surface area contributed by atoms with E-state index in [-0.39, 0.29) is 0 Å². The fourth-order valence-corrected chi connectivity index (χ4v) is 0.852. The normalized spacial score (nSPS) is 16.5. The van der Waals surface area contributed by atoms with Crippen molar-refractivity contribution in [2.75, 3.05) is 5.32 Å². The lowest BCUT2D eigenvalue weighted by atomic mass is 10.2. The van der Waals surface area contributed by atoms with Crippen molar-refractivity contribution in [3.63, 3.8) is 0 Å². The van der Waals surface area contributed by atoms with Gasteiger partial charge in [0.15, 0.2) is 0 Å². The average molecular weight is 183 g/mol. The summed E-state index contributed by atoms with van der Waals surface area (Å²) in [5, 5.41) is 11.2. The molecule has 4 nitrogen and oxygen atoms in total. The molecule has 1 aromatic rings. The number of nitrogens with zero attached hydrogens (tertiary/aromatic N) is 1. The van der Waals surface area contributed by atoms with Gasteiger partial charge in [-0.1, -0.05) is 6.07 Å². The molecule has 0 amide bonds. The molecule has 0 aliphatic carbocycles. The summed E-state index contributed by atoms with van der Waals surface area (Å²) in [6.07, 6.45) is 1.02. The maximum absolute atomic E-state index is 10.5. The second kappa shape index (κ2) is 4.45. The lowest BCUT2D eigenvalue weighted by Crippen LogP contribution is -2.19. The van der Waals surface area contributed by atoms with Crippen molar-refractivity contribution in [3.05, 3.63) is 24.4 Å². The number of nitrogens with one attached hydrogen (secondary N) is 1. The Morgan fingerprint density at radius 3 is 3.23 bits per heavy atom. The fourth-order valence-electron chi connectivity index (χ4n) is 0.852. The highest BCUT2D eigenvalue weighted by molar-refractivity contribution is 5.68. The van der Waals surface area contributed by atoms with Gasteiger partial charge in [0.05, 0.1) is 6.42 Å². The number of hydrogen-bond acceptors (Lipinski definition) is 3. The van der Waals surface area contributed by atoms with Crippen molar-refractivity contribution in [2.45, 2.75) is 19.3 Å². The molecule has 0 aliphatic heterocycles. The van der Waals surface area contributed by atoms with Crippen LogP contribution in [0.1, 0.15) is 17.4 Å². The topological polar surface area (TPSA) is 62.2 Å². The van der Waals surface area contributed by atoms with Gasteiger partial charge in [-0.05, 0) is 19.0 Å². The molecule has 1 atom stereocenters. The first-order valence-electron chi connectivity index (χ1n) is 5.29. The Bertz CT molecular complexity index is 354. The molecule has 0 spiro atoms. The van der Waals surface area contributed by atoms with Gasteiger partial charge in [0.1, 0.15) is 5.82 Å². The number of rotatable bonds is 4. The quantitative estimate of drug-likeness (QED) is 0.739. The van der Waals surface area contributed by atoms with Crippen LogP contribution >= 0.6 is 0 Å². The van der Waals surface area contributed by atoms with Crippen molar-refractivity contribution in [1.82, 2.24) is 4.98 Å². The molecule has 2 N–H and O–H groups in total. The summed E-state index contributed by atoms with van der Waals surface area (Å²) >= 11 is 0. The molecule has 70 valence electrons. The number of pyridine rings is 1. The molecule has 0 radical (unpaired) electrons. The highest BCUT2D eigenvalue weighted by atomic mass is 16.4. The third kappa shape index (κ3) is 3.55. The molecule has 0 saturated carbocycles. The van der Waals surface area contributed by atoms with Crippen molar-refractivity contribution in [2.24, 2.45) is 0 Å². The van der Waals surface area contributed by atoms with Crippen LogP contribution in [0.2, 0.25) is 0 Å². The van der Waals surface area contributed by atoms with Crippen molar-refractivity contribution in [1.29, 1.82) is 0 Å². The minimum absolute atomic E-state index is 0.352. The zero-order chi connectivity index (χ0) is 12.2. The summed E-state index contributed by atoms with van der Waals surface area (Å²) in [5.74, 6) is -0.811. The van der Waals surface area contributed by atoms with Crippen molar-refractivity contribution < 1.29 is 14.0 Å². The molecule has 13 heavy (non-hydrogen) atoms. The van der Waals surface area contributed by atoms with E-state index < -0.39 is 25.3 Å². The van der Waals surface area contributed by atoms with E-state index in [0.29, 0.717) is 5.82 Å². The first-order valence-corrected chi connectivity index (χ1v) is 3.79. The monoisotopic (exact) mass is 183 g/mol. The third-order valence-corrected chi connectivity index (χ3v) is 1.37. The molecule has 0 saturated heterocycles. The predicted molar refractivity (Wildman–Crippen MR) is 49.6 cm³/mol. The average Bonchev–Trinajstić information content (AvgIpc) is 2.16. The van der Waals surface area contributed by atoms with Crippen LogP contribution in [0.25, 0.3) is 0 Å². The van der Waals surface area contributed by atoms with Gasteiger partial charge >= 0.3 is 5.97 Å². The van der Waals surface area contributed by atoms with E-state index in [1.54, 1.807) is 18.2 Å². The maximum Gasteiger partial charge on any atom is 0.305 e. The van der Waals surface area contributed by atoms with Crippen LogP contribution in [0.3, 0.4) is 0 Å². The zero-order valence-corrected chi connectivity index (χ0v) is 6.90. The summed E-state index contributed by atoms with van der Waals surface area (Å²) in [6, 6.07) is 3.82. The van der Waals surface area contributed by atoms with Gasteiger partial charge in [-0.2, -0.15) is 0 Å². The Balaban J connectivity index is 2.75. The van der Waals surface area contributed by atoms with Crippen molar-refractivity contribution in [3.8, 4) is 0 Å². The Morgan fingerprint density at radius 2 is 2.69 bits per heavy atom. The Hall–Kier alpha value is -1.58. The number of aromatic nitrogens is 1. The highest BCUT2D eigenvalue weighted by Crippen LogP contribution is 2.04. The first-order chi connectivity index (χ1) is 7.39. The van der Waals surface area contributed by atoms with E-state index in [4.69, 9.17) is 9.22 Å². The molecular weight excluding hydrogens is 168 g/mol. The highest BCUT2D eigenvalue weighted by Gasteiger charge is 2.06. The molecular formula is C9H12N2O2. The van der Waals surface area contributed by atoms with E-state index in [2.05, 4.69) is 10.3 Å². The first kappa shape index (κ1) is 5.96. The lowest BCUT2D eigenvalue weighted by Gasteiger charge is -2.11. The molecule has 0 aromatic carbocycles. The maximum atomic E-state index is 10.5. The van der Waals surface area contributed by atoms with Crippen LogP contribution < -0.4 is 5.32 Å². The molecule has 1 heterocycles. The molecule has 0 fully saturated rings. The van der Waals surface area contributed by atoms with Crippen molar-refractivity contribution >= 4 is 11.8 Å². The van der Waals surface area contributed by atoms with Crippen LogP contribution in [0.15, 0.2) is 24.4 Å². The van der Waals surface area contributed by atoms with E-state index in [9.17, 15) is 4.79 Å². The second-order valence-electron chi connectivity index (χ2n) is 2.51. The molecule has 4 heteroatoms. The Kier molecular flexibility index (Phi) is 2.04. The number of aliphatic carboxylic acids is 1. The fraction of sp³-hybridized carbons (Fsp3) is 0.333. The van der Waals surface area contributed by atoms with Gasteiger partial charge in [0.25, 0.3) is 0 Å². The van der Waals surface area contributed by atoms with Crippen LogP contribution in [-0.2, 0) is 4.79 Å². The van der Waals surface area contributed by atoms with Gasteiger partial charge < -0.3 is 10.4 Å². The molecule has 0 aliphatic rings. The van der Waals surface area contributed by atoms with Crippen LogP contribution in [0.4, 0.5) is 5.82 Å². The summed E-state index contributed by atoms with van der Waals surface area (Å²) in [5.41, 5.74) is 0. The minimum Gasteiger partial charge on any atom is -0.481 e. The summed E-state index contributed by atoms with van der Waals surface area (Å²) in [7, 11) is 0. The molecule has 1 rings (SSSR count). The van der Waals surface area contributed by atoms with Gasteiger partial charge in [-0.3, -0.25) is 4.79 Å². The van der Waals surface area contributed by atoms with Gasteiger partial charge in [-0.25, -0.2) is 4.98 Å². The SMILES string of the molecule is [2H]C([2H])([2H])[C@@H](CC(=O)O)Nc1ccccn1. The van der Waals surface area contributed by atoms with Crippen LogP contribution in [0.5, 0.6) is 0 Å². The summed E-state index contributed by atoms with van der Waals surface area (Å²) in [6.45, 7) is -2.38. The third-order valence-electron chi connectivity index (χ3n) is 1.37. The number of carbonyl (C=O) groups is 1. The Labute approximate surface area is 80.8 Å². The summed E-state index contributed by atoms with van der Waals surface area (Å²) < 4.78 is 21.6. The largest absolute Gasteiger partial charge is 0.481 e. The van der Waals surface area contributed by atoms with Crippen LogP contribution in [0, 0.1) is 0 Å². The lowest BCUT2D eigenvalue weighted by molar-refractivity contribution is -0.137. The minimum atomic E-state index is -2.38. The molecule has 1 aromatic heterocycles. The van der Waals surface area contributed by atoms with E-state index in [0.717, 1.165) is 0 Å². The van der Waals surface area contributed by atoms with Gasteiger partial charge in [0.2, 0.25) is 0 Å². The summed E-state index contributed by atoms with van der Waals surface area (Å²) in [4.78, 5) is 14.4. The second-order valence-corrected chi connectivity index (χ2v) is 2.51. The predicted octanol–water partition coefficient (Wildman–Crippen LogP) is 1.36. The standard InChI is InChI=1S/C9H12N2O2/c1-7(6-9(12)13)11-8-4-2-3-5-10-8/h2-5,7H,6H2,1H3,(H,10,11)(H,12,13)/t7-/m0/s1/i1D3. The van der Waals surface area contributed by atoms with Gasteiger partial charge in [0, 0.05) is 16.4 Å². The Morgan fingerprint density at radius 1 is 1.85 bits per heavy atom. The number of anilines is 1. The van der Waals surface area contributed by atoms with E-state index in [1.807, 2.05) is 0 Å².